The first kappa shape index (κ1) is 11.0. The highest BCUT2D eigenvalue weighted by Gasteiger charge is 2.26. The molecule has 1 aromatic rings. The Kier molecular flexibility index (Phi) is 2.97. The second kappa shape index (κ2) is 4.61. The summed E-state index contributed by atoms with van der Waals surface area (Å²) in [5.41, 5.74) is 1.05. The molecule has 92 valence electrons. The van der Waals surface area contributed by atoms with Crippen molar-refractivity contribution in [2.75, 3.05) is 37.6 Å². The topological polar surface area (TPSA) is 32.3 Å². The van der Waals surface area contributed by atoms with E-state index in [4.69, 9.17) is 0 Å². The Morgan fingerprint density at radius 3 is 2.59 bits per heavy atom. The number of aryl methyl sites for hydroxylation is 1. The second-order valence-electron chi connectivity index (χ2n) is 5.25. The number of hydrogen-bond donors (Lipinski definition) is 0. The molecular weight excluding hydrogens is 212 g/mol. The van der Waals surface area contributed by atoms with Crippen molar-refractivity contribution in [3.8, 4) is 0 Å². The molecule has 4 heteroatoms. The summed E-state index contributed by atoms with van der Waals surface area (Å²) in [6.45, 7) is 7.90. The number of rotatable bonds is 3. The lowest BCUT2D eigenvalue weighted by molar-refractivity contribution is 0.247. The van der Waals surface area contributed by atoms with Crippen LogP contribution in [0, 0.1) is 12.8 Å². The van der Waals surface area contributed by atoms with Crippen LogP contribution in [0.25, 0.3) is 0 Å². The maximum Gasteiger partial charge on any atom is 0.132 e. The van der Waals surface area contributed by atoms with E-state index in [9.17, 15) is 0 Å². The third-order valence-electron chi connectivity index (χ3n) is 3.70. The zero-order valence-corrected chi connectivity index (χ0v) is 10.5. The smallest absolute Gasteiger partial charge is 0.132 e. The molecule has 0 bridgehead atoms. The summed E-state index contributed by atoms with van der Waals surface area (Å²) >= 11 is 0. The van der Waals surface area contributed by atoms with Crippen LogP contribution in [0.4, 0.5) is 5.82 Å². The summed E-state index contributed by atoms with van der Waals surface area (Å²) in [6.07, 6.45) is 4.57. The molecule has 1 aliphatic carbocycles. The standard InChI is InChI=1S/C13H20N4/c1-11-8-13(15-10-14-11)17-6-4-16(5-7-17)9-12-2-3-12/h8,10,12H,2-7,9H2,1H3. The molecule has 1 saturated carbocycles. The van der Waals surface area contributed by atoms with E-state index in [1.807, 2.05) is 6.92 Å². The minimum absolute atomic E-state index is 1.00. The van der Waals surface area contributed by atoms with E-state index in [1.165, 1.54) is 32.5 Å². The summed E-state index contributed by atoms with van der Waals surface area (Å²) in [6, 6.07) is 2.08. The first-order chi connectivity index (χ1) is 8.31. The normalized spacial score (nSPS) is 21.8. The fourth-order valence-corrected chi connectivity index (χ4v) is 2.44. The van der Waals surface area contributed by atoms with E-state index < -0.39 is 0 Å². The van der Waals surface area contributed by atoms with Gasteiger partial charge in [-0.25, -0.2) is 9.97 Å². The van der Waals surface area contributed by atoms with Crippen LogP contribution in [0.15, 0.2) is 12.4 Å². The van der Waals surface area contributed by atoms with E-state index in [0.29, 0.717) is 0 Å². The quantitative estimate of drug-likeness (QED) is 0.786. The van der Waals surface area contributed by atoms with Crippen molar-refractivity contribution < 1.29 is 0 Å². The highest BCUT2D eigenvalue weighted by atomic mass is 15.3. The largest absolute Gasteiger partial charge is 0.354 e. The molecule has 0 N–H and O–H groups in total. The second-order valence-corrected chi connectivity index (χ2v) is 5.25. The first-order valence-corrected chi connectivity index (χ1v) is 6.57. The van der Waals surface area contributed by atoms with Gasteiger partial charge in [0, 0.05) is 44.5 Å². The van der Waals surface area contributed by atoms with Gasteiger partial charge in [0.25, 0.3) is 0 Å². The van der Waals surface area contributed by atoms with Gasteiger partial charge in [-0.05, 0) is 25.7 Å². The van der Waals surface area contributed by atoms with Crippen LogP contribution in [0.1, 0.15) is 18.5 Å². The summed E-state index contributed by atoms with van der Waals surface area (Å²) in [4.78, 5) is 13.5. The lowest BCUT2D eigenvalue weighted by Crippen LogP contribution is -2.47. The molecule has 0 unspecified atom stereocenters. The molecule has 2 heterocycles. The van der Waals surface area contributed by atoms with Crippen molar-refractivity contribution in [1.82, 2.24) is 14.9 Å². The molecule has 0 spiro atoms. The number of piperazine rings is 1. The number of anilines is 1. The van der Waals surface area contributed by atoms with Gasteiger partial charge in [-0.1, -0.05) is 0 Å². The van der Waals surface area contributed by atoms with Gasteiger partial charge in [-0.15, -0.1) is 0 Å². The maximum atomic E-state index is 4.36. The van der Waals surface area contributed by atoms with E-state index in [1.54, 1.807) is 6.33 Å². The highest BCUT2D eigenvalue weighted by Crippen LogP contribution is 2.30. The minimum atomic E-state index is 1.00. The molecule has 1 saturated heterocycles. The van der Waals surface area contributed by atoms with Crippen LogP contribution in [0.5, 0.6) is 0 Å². The van der Waals surface area contributed by atoms with Crippen molar-refractivity contribution in [1.29, 1.82) is 0 Å². The first-order valence-electron chi connectivity index (χ1n) is 6.57. The lowest BCUT2D eigenvalue weighted by atomic mass is 10.2. The molecule has 2 aliphatic rings. The zero-order chi connectivity index (χ0) is 11.7. The summed E-state index contributed by atoms with van der Waals surface area (Å²) in [5, 5.41) is 0. The molecule has 17 heavy (non-hydrogen) atoms. The van der Waals surface area contributed by atoms with Crippen LogP contribution in [0.2, 0.25) is 0 Å². The van der Waals surface area contributed by atoms with Gasteiger partial charge in [0.2, 0.25) is 0 Å². The molecule has 2 fully saturated rings. The van der Waals surface area contributed by atoms with Crippen molar-refractivity contribution >= 4 is 5.82 Å². The van der Waals surface area contributed by atoms with Crippen LogP contribution >= 0.6 is 0 Å². The minimum Gasteiger partial charge on any atom is -0.354 e. The molecular formula is C13H20N4. The molecule has 3 rings (SSSR count). The van der Waals surface area contributed by atoms with Gasteiger partial charge in [0.15, 0.2) is 0 Å². The molecule has 4 nitrogen and oxygen atoms in total. The number of nitrogens with zero attached hydrogens (tertiary/aromatic N) is 4. The number of hydrogen-bond acceptors (Lipinski definition) is 4. The maximum absolute atomic E-state index is 4.36. The molecule has 0 aromatic carbocycles. The van der Waals surface area contributed by atoms with E-state index in [0.717, 1.165) is 30.5 Å². The highest BCUT2D eigenvalue weighted by molar-refractivity contribution is 5.39. The average Bonchev–Trinajstić information content (AvgIpc) is 3.14. The summed E-state index contributed by atoms with van der Waals surface area (Å²) in [7, 11) is 0. The van der Waals surface area contributed by atoms with Crippen LogP contribution in [-0.2, 0) is 0 Å². The van der Waals surface area contributed by atoms with Crippen molar-refractivity contribution in [2.45, 2.75) is 19.8 Å². The molecule has 0 amide bonds. The van der Waals surface area contributed by atoms with Crippen LogP contribution < -0.4 is 4.90 Å². The fraction of sp³-hybridized carbons (Fsp3) is 0.692. The van der Waals surface area contributed by atoms with E-state index >= 15 is 0 Å². The predicted molar refractivity (Wildman–Crippen MR) is 68.1 cm³/mol. The van der Waals surface area contributed by atoms with Gasteiger partial charge in [0.1, 0.15) is 12.1 Å². The van der Waals surface area contributed by atoms with Crippen LogP contribution in [-0.4, -0.2) is 47.6 Å². The fourth-order valence-electron chi connectivity index (χ4n) is 2.44. The van der Waals surface area contributed by atoms with E-state index in [-0.39, 0.29) is 0 Å². The lowest BCUT2D eigenvalue weighted by Gasteiger charge is -2.35. The Labute approximate surface area is 103 Å². The van der Waals surface area contributed by atoms with Crippen molar-refractivity contribution in [3.05, 3.63) is 18.1 Å². The average molecular weight is 232 g/mol. The summed E-state index contributed by atoms with van der Waals surface area (Å²) < 4.78 is 0. The van der Waals surface area contributed by atoms with Gasteiger partial charge in [0.05, 0.1) is 0 Å². The zero-order valence-electron chi connectivity index (χ0n) is 10.5. The van der Waals surface area contributed by atoms with Crippen molar-refractivity contribution in [2.24, 2.45) is 5.92 Å². The van der Waals surface area contributed by atoms with Gasteiger partial charge < -0.3 is 4.90 Å². The SMILES string of the molecule is Cc1cc(N2CCN(CC3CC3)CC2)ncn1. The Hall–Kier alpha value is -1.16. The Morgan fingerprint density at radius 1 is 1.18 bits per heavy atom. The van der Waals surface area contributed by atoms with Crippen molar-refractivity contribution in [3.63, 3.8) is 0 Å². The predicted octanol–water partition coefficient (Wildman–Crippen LogP) is 1.32. The Bertz CT molecular complexity index is 381. The molecule has 1 aromatic heterocycles. The Morgan fingerprint density at radius 2 is 1.94 bits per heavy atom. The van der Waals surface area contributed by atoms with Gasteiger partial charge in [-0.3, -0.25) is 4.90 Å². The van der Waals surface area contributed by atoms with E-state index in [2.05, 4.69) is 25.8 Å². The Balaban J connectivity index is 1.56. The number of aromatic nitrogens is 2. The van der Waals surface area contributed by atoms with Crippen LogP contribution in [0.3, 0.4) is 0 Å². The molecule has 1 aliphatic heterocycles. The molecule has 0 atom stereocenters. The monoisotopic (exact) mass is 232 g/mol. The van der Waals surface area contributed by atoms with Gasteiger partial charge >= 0.3 is 0 Å². The third kappa shape index (κ3) is 2.75. The summed E-state index contributed by atoms with van der Waals surface area (Å²) in [5.74, 6) is 2.09. The van der Waals surface area contributed by atoms with Gasteiger partial charge in [-0.2, -0.15) is 0 Å². The molecule has 0 radical (unpaired) electrons. The third-order valence-corrected chi connectivity index (χ3v) is 3.70.